The summed E-state index contributed by atoms with van der Waals surface area (Å²) in [6.45, 7) is 1.97. The lowest BCUT2D eigenvalue weighted by Crippen LogP contribution is -2.44. The highest BCUT2D eigenvalue weighted by atomic mass is 79.9. The molecule has 126 valence electrons. The Balaban J connectivity index is 1.79. The fourth-order valence-corrected chi connectivity index (χ4v) is 4.38. The smallest absolute Gasteiger partial charge is 0.329 e. The molecule has 0 amide bonds. The summed E-state index contributed by atoms with van der Waals surface area (Å²) in [4.78, 5) is 11.0. The van der Waals surface area contributed by atoms with Crippen molar-refractivity contribution in [2.75, 3.05) is 19.7 Å². The van der Waals surface area contributed by atoms with Crippen LogP contribution in [0, 0.1) is 5.41 Å². The number of nitrogens with one attached hydrogen (secondary N) is 1. The molecule has 1 saturated carbocycles. The van der Waals surface area contributed by atoms with Gasteiger partial charge in [-0.05, 0) is 74.7 Å². The average molecular weight is 382 g/mol. The van der Waals surface area contributed by atoms with Gasteiger partial charge in [0, 0.05) is 4.47 Å². The summed E-state index contributed by atoms with van der Waals surface area (Å²) in [5, 5.41) is 12.5. The monoisotopic (exact) mass is 381 g/mol. The molecule has 3 rings (SSSR count). The van der Waals surface area contributed by atoms with Crippen LogP contribution in [0.5, 0.6) is 0 Å². The molecule has 1 aliphatic heterocycles. The summed E-state index contributed by atoms with van der Waals surface area (Å²) in [7, 11) is 0. The first-order valence-corrected chi connectivity index (χ1v) is 9.16. The minimum atomic E-state index is -0.899. The molecule has 0 bridgehead atoms. The van der Waals surface area contributed by atoms with Crippen molar-refractivity contribution in [1.82, 2.24) is 5.32 Å². The third kappa shape index (κ3) is 3.78. The molecule has 2 fully saturated rings. The second-order valence-corrected chi connectivity index (χ2v) is 7.85. The van der Waals surface area contributed by atoms with Gasteiger partial charge in [0.1, 0.15) is 6.61 Å². The largest absolute Gasteiger partial charge is 0.480 e. The van der Waals surface area contributed by atoms with E-state index in [-0.39, 0.29) is 6.61 Å². The van der Waals surface area contributed by atoms with Crippen LogP contribution in [-0.4, -0.2) is 30.8 Å². The number of aliphatic carboxylic acids is 1. The van der Waals surface area contributed by atoms with Crippen molar-refractivity contribution in [2.24, 2.45) is 5.41 Å². The van der Waals surface area contributed by atoms with Crippen molar-refractivity contribution in [2.45, 2.75) is 44.1 Å². The molecule has 0 unspecified atom stereocenters. The van der Waals surface area contributed by atoms with E-state index in [9.17, 15) is 4.79 Å². The zero-order chi connectivity index (χ0) is 16.3. The van der Waals surface area contributed by atoms with Crippen LogP contribution in [0.15, 0.2) is 28.7 Å². The number of benzene rings is 1. The highest BCUT2D eigenvalue weighted by Crippen LogP contribution is 2.51. The van der Waals surface area contributed by atoms with Gasteiger partial charge in [-0.25, -0.2) is 4.79 Å². The maximum atomic E-state index is 11.0. The van der Waals surface area contributed by atoms with Crippen LogP contribution in [0.2, 0.25) is 0 Å². The highest BCUT2D eigenvalue weighted by molar-refractivity contribution is 9.10. The van der Waals surface area contributed by atoms with Gasteiger partial charge in [0.05, 0.1) is 5.60 Å². The van der Waals surface area contributed by atoms with Crippen LogP contribution < -0.4 is 5.32 Å². The van der Waals surface area contributed by atoms with Crippen molar-refractivity contribution >= 4 is 21.9 Å². The van der Waals surface area contributed by atoms with Gasteiger partial charge in [-0.3, -0.25) is 0 Å². The Labute approximate surface area is 145 Å². The maximum Gasteiger partial charge on any atom is 0.329 e. The molecule has 1 spiro atoms. The third-order valence-corrected chi connectivity index (χ3v) is 6.15. The number of hydrogen-bond donors (Lipinski definition) is 2. The summed E-state index contributed by atoms with van der Waals surface area (Å²) in [6, 6.07) is 8.14. The van der Waals surface area contributed by atoms with Crippen molar-refractivity contribution in [3.63, 3.8) is 0 Å². The van der Waals surface area contributed by atoms with E-state index in [1.54, 1.807) is 0 Å². The maximum absolute atomic E-state index is 11.0. The predicted molar refractivity (Wildman–Crippen MR) is 92.4 cm³/mol. The Hall–Kier alpha value is -0.910. The summed E-state index contributed by atoms with van der Waals surface area (Å²) in [6.07, 6.45) is 6.49. The average Bonchev–Trinajstić information content (AvgIpc) is 2.56. The first-order valence-electron chi connectivity index (χ1n) is 8.36. The van der Waals surface area contributed by atoms with Gasteiger partial charge in [0.25, 0.3) is 0 Å². The van der Waals surface area contributed by atoms with E-state index >= 15 is 0 Å². The first kappa shape index (κ1) is 16.9. The van der Waals surface area contributed by atoms with E-state index in [2.05, 4.69) is 33.4 Å². The van der Waals surface area contributed by atoms with Crippen LogP contribution >= 0.6 is 15.9 Å². The zero-order valence-electron chi connectivity index (χ0n) is 13.3. The van der Waals surface area contributed by atoms with Crippen LogP contribution in [-0.2, 0) is 15.1 Å². The van der Waals surface area contributed by atoms with E-state index < -0.39 is 11.6 Å². The van der Waals surface area contributed by atoms with Gasteiger partial charge in [-0.15, -0.1) is 0 Å². The minimum absolute atomic E-state index is 0.232. The highest BCUT2D eigenvalue weighted by Gasteiger charge is 2.45. The molecular weight excluding hydrogens is 358 g/mol. The number of carboxylic acid groups (broad SMARTS) is 1. The molecule has 1 heterocycles. The number of hydrogen-bond acceptors (Lipinski definition) is 3. The number of rotatable bonds is 4. The normalized spacial score (nSPS) is 22.8. The Kier molecular flexibility index (Phi) is 5.09. The lowest BCUT2D eigenvalue weighted by molar-refractivity contribution is -0.157. The third-order valence-electron chi connectivity index (χ3n) is 5.62. The molecule has 1 aromatic carbocycles. The Morgan fingerprint density at radius 1 is 1.09 bits per heavy atom. The van der Waals surface area contributed by atoms with Crippen LogP contribution in [0.1, 0.15) is 44.1 Å². The second-order valence-electron chi connectivity index (χ2n) is 6.93. The summed E-state index contributed by atoms with van der Waals surface area (Å²) >= 11 is 3.46. The SMILES string of the molecule is O=C(O)COC1(c2ccc(Br)cc2)CCC2(CCNCC2)CC1. The van der Waals surface area contributed by atoms with Gasteiger partial charge in [0.15, 0.2) is 0 Å². The number of ether oxygens (including phenoxy) is 1. The fourth-order valence-electron chi connectivity index (χ4n) is 4.11. The Bertz CT molecular complexity index is 542. The van der Waals surface area contributed by atoms with Crippen LogP contribution in [0.3, 0.4) is 0 Å². The molecule has 4 nitrogen and oxygen atoms in total. The number of carboxylic acids is 1. The molecule has 1 aromatic rings. The predicted octanol–water partition coefficient (Wildman–Crippen LogP) is 3.69. The molecule has 1 saturated heterocycles. The second kappa shape index (κ2) is 6.91. The molecule has 0 radical (unpaired) electrons. The van der Waals surface area contributed by atoms with Gasteiger partial charge in [0.2, 0.25) is 0 Å². The fraction of sp³-hybridized carbons (Fsp3) is 0.611. The molecule has 0 atom stereocenters. The standard InChI is InChI=1S/C18H24BrNO3/c19-15-3-1-14(2-4-15)18(23-13-16(21)22)7-5-17(6-8-18)9-11-20-12-10-17/h1-4,20H,5-13H2,(H,21,22). The van der Waals surface area contributed by atoms with E-state index in [0.29, 0.717) is 5.41 Å². The molecular formula is C18H24BrNO3. The number of carbonyl (C=O) groups is 1. The number of piperidine rings is 1. The lowest BCUT2D eigenvalue weighted by Gasteiger charge is -2.48. The molecule has 2 aliphatic rings. The van der Waals surface area contributed by atoms with E-state index in [0.717, 1.165) is 48.8 Å². The van der Waals surface area contributed by atoms with Gasteiger partial charge in [-0.1, -0.05) is 28.1 Å². The van der Waals surface area contributed by atoms with Crippen LogP contribution in [0.4, 0.5) is 0 Å². The number of halogens is 1. The first-order chi connectivity index (χ1) is 11.0. The lowest BCUT2D eigenvalue weighted by atomic mass is 9.63. The van der Waals surface area contributed by atoms with Crippen molar-refractivity contribution < 1.29 is 14.6 Å². The van der Waals surface area contributed by atoms with Crippen LogP contribution in [0.25, 0.3) is 0 Å². The van der Waals surface area contributed by atoms with Crippen molar-refractivity contribution in [3.05, 3.63) is 34.3 Å². The van der Waals surface area contributed by atoms with Gasteiger partial charge < -0.3 is 15.2 Å². The Morgan fingerprint density at radius 2 is 1.70 bits per heavy atom. The zero-order valence-corrected chi connectivity index (χ0v) is 14.9. The van der Waals surface area contributed by atoms with Gasteiger partial charge in [-0.2, -0.15) is 0 Å². The summed E-state index contributed by atoms with van der Waals surface area (Å²) in [5.41, 5.74) is 1.08. The Morgan fingerprint density at radius 3 is 2.26 bits per heavy atom. The molecule has 5 heteroatoms. The summed E-state index contributed by atoms with van der Waals surface area (Å²) < 4.78 is 6.99. The molecule has 0 aromatic heterocycles. The van der Waals surface area contributed by atoms with E-state index in [1.807, 2.05) is 12.1 Å². The molecule has 2 N–H and O–H groups in total. The topological polar surface area (TPSA) is 58.6 Å². The quantitative estimate of drug-likeness (QED) is 0.834. The minimum Gasteiger partial charge on any atom is -0.480 e. The summed E-state index contributed by atoms with van der Waals surface area (Å²) in [5.74, 6) is -0.899. The van der Waals surface area contributed by atoms with Crippen molar-refractivity contribution in [1.29, 1.82) is 0 Å². The van der Waals surface area contributed by atoms with Crippen molar-refractivity contribution in [3.8, 4) is 0 Å². The molecule has 23 heavy (non-hydrogen) atoms. The van der Waals surface area contributed by atoms with E-state index in [1.165, 1.54) is 12.8 Å². The molecule has 1 aliphatic carbocycles. The van der Waals surface area contributed by atoms with Gasteiger partial charge >= 0.3 is 5.97 Å². The van der Waals surface area contributed by atoms with E-state index in [4.69, 9.17) is 9.84 Å².